The Morgan fingerprint density at radius 3 is 2.69 bits per heavy atom. The van der Waals surface area contributed by atoms with Crippen molar-refractivity contribution in [1.82, 2.24) is 30.0 Å². The molecule has 1 aliphatic rings. The fourth-order valence-electron chi connectivity index (χ4n) is 3.60. The lowest BCUT2D eigenvalue weighted by molar-refractivity contribution is 0.311. The van der Waals surface area contributed by atoms with E-state index >= 15 is 0 Å². The summed E-state index contributed by atoms with van der Waals surface area (Å²) in [5.41, 5.74) is 4.67. The number of hydrogen-bond donors (Lipinski definition) is 0. The summed E-state index contributed by atoms with van der Waals surface area (Å²) in [6.45, 7) is 6.83. The van der Waals surface area contributed by atoms with E-state index < -0.39 is 0 Å². The summed E-state index contributed by atoms with van der Waals surface area (Å²) in [5, 5.41) is 3.98. The van der Waals surface area contributed by atoms with Crippen molar-refractivity contribution >= 4 is 0 Å². The molecule has 1 saturated heterocycles. The van der Waals surface area contributed by atoms with E-state index in [1.165, 1.54) is 6.42 Å². The van der Waals surface area contributed by atoms with Gasteiger partial charge in [0.25, 0.3) is 0 Å². The standard InChI is InChI=1S/C19H22N6O/c1-13-19(14(2)26-24-13)18-10-22-16(9-23-18)7-15-3-6-25(11-15)12-17-8-20-4-5-21-17/h4-5,8-10,15H,3,6-7,11-12H2,1-2H3/t15-/m0/s1. The minimum absolute atomic E-state index is 0.603. The minimum Gasteiger partial charge on any atom is -0.361 e. The van der Waals surface area contributed by atoms with Crippen LogP contribution in [0.4, 0.5) is 0 Å². The van der Waals surface area contributed by atoms with E-state index in [9.17, 15) is 0 Å². The zero-order valence-electron chi connectivity index (χ0n) is 15.1. The van der Waals surface area contributed by atoms with Gasteiger partial charge >= 0.3 is 0 Å². The maximum atomic E-state index is 5.22. The summed E-state index contributed by atoms with van der Waals surface area (Å²) in [6, 6.07) is 0. The summed E-state index contributed by atoms with van der Waals surface area (Å²) in [4.78, 5) is 20.1. The number of nitrogens with zero attached hydrogens (tertiary/aromatic N) is 6. The van der Waals surface area contributed by atoms with E-state index in [-0.39, 0.29) is 0 Å². The summed E-state index contributed by atoms with van der Waals surface area (Å²) in [5.74, 6) is 1.38. The summed E-state index contributed by atoms with van der Waals surface area (Å²) in [7, 11) is 0. The molecule has 0 bridgehead atoms. The molecule has 134 valence electrons. The molecule has 7 heteroatoms. The van der Waals surface area contributed by atoms with Crippen molar-refractivity contribution in [2.45, 2.75) is 33.2 Å². The molecule has 7 nitrogen and oxygen atoms in total. The highest BCUT2D eigenvalue weighted by molar-refractivity contribution is 5.62. The third-order valence-electron chi connectivity index (χ3n) is 4.86. The van der Waals surface area contributed by atoms with E-state index in [2.05, 4.69) is 30.0 Å². The second-order valence-corrected chi connectivity index (χ2v) is 6.88. The number of aromatic nitrogens is 5. The SMILES string of the molecule is Cc1noc(C)c1-c1cnc(C[C@@H]2CCN(Cc3cnccn3)C2)cn1. The van der Waals surface area contributed by atoms with Gasteiger partial charge in [-0.15, -0.1) is 0 Å². The van der Waals surface area contributed by atoms with Crippen LogP contribution in [-0.2, 0) is 13.0 Å². The average Bonchev–Trinajstić information content (AvgIpc) is 3.23. The Labute approximate surface area is 152 Å². The predicted molar refractivity (Wildman–Crippen MR) is 96.1 cm³/mol. The third-order valence-corrected chi connectivity index (χ3v) is 4.86. The Hall–Kier alpha value is -2.67. The van der Waals surface area contributed by atoms with Crippen molar-refractivity contribution in [2.75, 3.05) is 13.1 Å². The maximum Gasteiger partial charge on any atom is 0.143 e. The lowest BCUT2D eigenvalue weighted by Gasteiger charge is -2.15. The molecule has 3 aromatic rings. The maximum absolute atomic E-state index is 5.22. The van der Waals surface area contributed by atoms with Gasteiger partial charge in [-0.1, -0.05) is 5.16 Å². The van der Waals surface area contributed by atoms with Gasteiger partial charge in [-0.25, -0.2) is 0 Å². The van der Waals surface area contributed by atoms with Crippen molar-refractivity contribution in [3.05, 3.63) is 53.8 Å². The van der Waals surface area contributed by atoms with Crippen LogP contribution in [0, 0.1) is 19.8 Å². The van der Waals surface area contributed by atoms with E-state index in [1.807, 2.05) is 32.4 Å². The normalized spacial score (nSPS) is 17.7. The molecule has 3 aromatic heterocycles. The Kier molecular flexibility index (Phi) is 4.71. The zero-order valence-corrected chi connectivity index (χ0v) is 15.1. The molecule has 0 spiro atoms. The van der Waals surface area contributed by atoms with E-state index in [4.69, 9.17) is 4.52 Å². The molecule has 26 heavy (non-hydrogen) atoms. The molecule has 0 unspecified atom stereocenters. The van der Waals surface area contributed by atoms with E-state index in [1.54, 1.807) is 12.4 Å². The molecule has 0 radical (unpaired) electrons. The van der Waals surface area contributed by atoms with Gasteiger partial charge in [0.2, 0.25) is 0 Å². The molecular formula is C19H22N6O. The predicted octanol–water partition coefficient (Wildman–Crippen LogP) is 2.60. The Morgan fingerprint density at radius 2 is 2.00 bits per heavy atom. The molecule has 1 aliphatic heterocycles. The molecule has 0 amide bonds. The Bertz CT molecular complexity index is 842. The van der Waals surface area contributed by atoms with Crippen LogP contribution in [0.1, 0.15) is 29.3 Å². The first-order valence-corrected chi connectivity index (χ1v) is 8.90. The molecule has 4 rings (SSSR count). The highest BCUT2D eigenvalue weighted by Crippen LogP contribution is 2.25. The lowest BCUT2D eigenvalue weighted by atomic mass is 10.0. The van der Waals surface area contributed by atoms with Crippen molar-refractivity contribution in [2.24, 2.45) is 5.92 Å². The summed E-state index contributed by atoms with van der Waals surface area (Å²) >= 11 is 0. The summed E-state index contributed by atoms with van der Waals surface area (Å²) < 4.78 is 5.22. The number of aryl methyl sites for hydroxylation is 2. The van der Waals surface area contributed by atoms with Crippen molar-refractivity contribution in [3.8, 4) is 11.3 Å². The number of likely N-dealkylation sites (tertiary alicyclic amines) is 1. The third kappa shape index (κ3) is 3.62. The molecule has 0 saturated carbocycles. The highest BCUT2D eigenvalue weighted by Gasteiger charge is 2.23. The van der Waals surface area contributed by atoms with Gasteiger partial charge in [0.1, 0.15) is 5.76 Å². The molecule has 1 atom stereocenters. The fraction of sp³-hybridized carbons (Fsp3) is 0.421. The van der Waals surface area contributed by atoms with Crippen molar-refractivity contribution in [3.63, 3.8) is 0 Å². The van der Waals surface area contributed by atoms with Crippen molar-refractivity contribution < 1.29 is 4.52 Å². The zero-order chi connectivity index (χ0) is 17.9. The van der Waals surface area contributed by atoms with Crippen LogP contribution in [0.2, 0.25) is 0 Å². The largest absolute Gasteiger partial charge is 0.361 e. The lowest BCUT2D eigenvalue weighted by Crippen LogP contribution is -2.21. The molecule has 1 fully saturated rings. The van der Waals surface area contributed by atoms with Gasteiger partial charge in [0.15, 0.2) is 0 Å². The van der Waals surface area contributed by atoms with Gasteiger partial charge in [0, 0.05) is 37.9 Å². The second kappa shape index (κ2) is 7.29. The second-order valence-electron chi connectivity index (χ2n) is 6.88. The first-order valence-electron chi connectivity index (χ1n) is 8.90. The molecule has 4 heterocycles. The van der Waals surface area contributed by atoms with Gasteiger partial charge < -0.3 is 4.52 Å². The molecule has 0 aliphatic carbocycles. The smallest absolute Gasteiger partial charge is 0.143 e. The fourth-order valence-corrected chi connectivity index (χ4v) is 3.60. The molecule has 0 N–H and O–H groups in total. The monoisotopic (exact) mass is 350 g/mol. The molecular weight excluding hydrogens is 328 g/mol. The quantitative estimate of drug-likeness (QED) is 0.699. The van der Waals surface area contributed by atoms with Crippen LogP contribution in [0.3, 0.4) is 0 Å². The van der Waals surface area contributed by atoms with E-state index in [0.717, 1.165) is 60.2 Å². The first kappa shape index (κ1) is 16.8. The van der Waals surface area contributed by atoms with Crippen LogP contribution in [0.25, 0.3) is 11.3 Å². The highest BCUT2D eigenvalue weighted by atomic mass is 16.5. The van der Waals surface area contributed by atoms with Crippen LogP contribution in [-0.4, -0.2) is 43.1 Å². The van der Waals surface area contributed by atoms with E-state index in [0.29, 0.717) is 5.92 Å². The first-order chi connectivity index (χ1) is 12.7. The van der Waals surface area contributed by atoms with Gasteiger partial charge in [-0.2, -0.15) is 0 Å². The van der Waals surface area contributed by atoms with Gasteiger partial charge in [0.05, 0.1) is 34.5 Å². The minimum atomic E-state index is 0.603. The van der Waals surface area contributed by atoms with Crippen molar-refractivity contribution in [1.29, 1.82) is 0 Å². The Morgan fingerprint density at radius 1 is 1.08 bits per heavy atom. The number of rotatable bonds is 5. The van der Waals surface area contributed by atoms with Crippen LogP contribution in [0.5, 0.6) is 0 Å². The summed E-state index contributed by atoms with van der Waals surface area (Å²) in [6.07, 6.45) is 11.1. The van der Waals surface area contributed by atoms with Crippen LogP contribution < -0.4 is 0 Å². The average molecular weight is 350 g/mol. The number of hydrogen-bond acceptors (Lipinski definition) is 7. The van der Waals surface area contributed by atoms with Crippen LogP contribution >= 0.6 is 0 Å². The molecule has 0 aromatic carbocycles. The van der Waals surface area contributed by atoms with Gasteiger partial charge in [-0.05, 0) is 39.2 Å². The topological polar surface area (TPSA) is 80.8 Å². The van der Waals surface area contributed by atoms with Crippen LogP contribution in [0.15, 0.2) is 35.5 Å². The van der Waals surface area contributed by atoms with Gasteiger partial charge in [-0.3, -0.25) is 24.8 Å². The Balaban J connectivity index is 1.36.